The highest BCUT2D eigenvalue weighted by atomic mass is 16.2. The molecule has 6 aromatic rings. The number of tetrazole rings is 1. The minimum absolute atomic E-state index is 0.0819. The molecule has 0 atom stereocenters. The van der Waals surface area contributed by atoms with Crippen LogP contribution in [-0.4, -0.2) is 35.0 Å². The summed E-state index contributed by atoms with van der Waals surface area (Å²) in [4.78, 5) is 13.5. The van der Waals surface area contributed by atoms with Crippen LogP contribution in [0.1, 0.15) is 36.7 Å². The molecule has 0 saturated carbocycles. The molecular weight excluding hydrogens is 486 g/mol. The third-order valence-corrected chi connectivity index (χ3v) is 7.03. The third-order valence-electron chi connectivity index (χ3n) is 7.03. The van der Waals surface area contributed by atoms with E-state index in [9.17, 15) is 4.79 Å². The van der Waals surface area contributed by atoms with Gasteiger partial charge in [-0.2, -0.15) is 5.10 Å². The van der Waals surface area contributed by atoms with Gasteiger partial charge in [0.15, 0.2) is 5.82 Å². The first kappa shape index (κ1) is 24.5. The zero-order valence-electron chi connectivity index (χ0n) is 21.8. The van der Waals surface area contributed by atoms with Crippen molar-refractivity contribution in [3.63, 3.8) is 0 Å². The van der Waals surface area contributed by atoms with Crippen LogP contribution in [0.3, 0.4) is 0 Å². The Morgan fingerprint density at radius 3 is 2.31 bits per heavy atom. The fourth-order valence-corrected chi connectivity index (χ4v) is 4.96. The molecular formula is C31H29N7O. The molecule has 0 aliphatic carbocycles. The van der Waals surface area contributed by atoms with Crippen LogP contribution in [0.2, 0.25) is 0 Å². The number of aryl methyl sites for hydroxylation is 1. The van der Waals surface area contributed by atoms with Gasteiger partial charge in [-0.1, -0.05) is 98.3 Å². The Bertz CT molecular complexity index is 1770. The lowest BCUT2D eigenvalue weighted by Crippen LogP contribution is -2.26. The second kappa shape index (κ2) is 10.9. The SMILES string of the molecule is CCCCc1nn(Cc2ccc3ccccc3c2)c(=O)n1Cc1ccc(-c2ccccc2-c2nnn[nH]2)cc1. The van der Waals surface area contributed by atoms with E-state index < -0.39 is 0 Å². The summed E-state index contributed by atoms with van der Waals surface area (Å²) in [6.45, 7) is 3.07. The van der Waals surface area contributed by atoms with E-state index in [4.69, 9.17) is 5.10 Å². The van der Waals surface area contributed by atoms with Crippen molar-refractivity contribution in [3.05, 3.63) is 118 Å². The van der Waals surface area contributed by atoms with Crippen LogP contribution in [0.5, 0.6) is 0 Å². The van der Waals surface area contributed by atoms with Crippen molar-refractivity contribution in [1.29, 1.82) is 0 Å². The van der Waals surface area contributed by atoms with Gasteiger partial charge in [-0.3, -0.25) is 4.57 Å². The Hall–Kier alpha value is -4.85. The zero-order chi connectivity index (χ0) is 26.6. The number of nitrogens with zero attached hydrogens (tertiary/aromatic N) is 6. The first-order chi connectivity index (χ1) is 19.2. The first-order valence-corrected chi connectivity index (χ1v) is 13.3. The topological polar surface area (TPSA) is 94.3 Å². The zero-order valence-corrected chi connectivity index (χ0v) is 21.8. The molecule has 4 aromatic carbocycles. The van der Waals surface area contributed by atoms with E-state index >= 15 is 0 Å². The van der Waals surface area contributed by atoms with Gasteiger partial charge in [0.1, 0.15) is 5.82 Å². The fourth-order valence-electron chi connectivity index (χ4n) is 4.96. The minimum Gasteiger partial charge on any atom is -0.274 e. The van der Waals surface area contributed by atoms with E-state index in [2.05, 4.69) is 88.2 Å². The molecule has 0 aliphatic rings. The van der Waals surface area contributed by atoms with Crippen molar-refractivity contribution < 1.29 is 0 Å². The maximum Gasteiger partial charge on any atom is 0.346 e. The van der Waals surface area contributed by atoms with Gasteiger partial charge in [-0.15, -0.1) is 5.10 Å². The molecule has 2 aromatic heterocycles. The maximum absolute atomic E-state index is 13.5. The van der Waals surface area contributed by atoms with E-state index in [1.807, 2.05) is 34.9 Å². The largest absolute Gasteiger partial charge is 0.346 e. The summed E-state index contributed by atoms with van der Waals surface area (Å²) < 4.78 is 3.42. The summed E-state index contributed by atoms with van der Waals surface area (Å²) in [5.74, 6) is 1.45. The lowest BCUT2D eigenvalue weighted by Gasteiger charge is -2.09. The van der Waals surface area contributed by atoms with Crippen LogP contribution >= 0.6 is 0 Å². The lowest BCUT2D eigenvalue weighted by atomic mass is 9.98. The van der Waals surface area contributed by atoms with Crippen LogP contribution in [0.4, 0.5) is 0 Å². The number of aromatic amines is 1. The molecule has 39 heavy (non-hydrogen) atoms. The monoisotopic (exact) mass is 515 g/mol. The van der Waals surface area contributed by atoms with E-state index in [0.717, 1.165) is 58.3 Å². The number of unbranched alkanes of at least 4 members (excludes halogenated alkanes) is 1. The lowest BCUT2D eigenvalue weighted by molar-refractivity contribution is 0.637. The Balaban J connectivity index is 1.28. The summed E-state index contributed by atoms with van der Waals surface area (Å²) in [7, 11) is 0. The molecule has 0 fully saturated rings. The van der Waals surface area contributed by atoms with Gasteiger partial charge in [-0.05, 0) is 55.9 Å². The second-order valence-electron chi connectivity index (χ2n) is 9.72. The highest BCUT2D eigenvalue weighted by Gasteiger charge is 2.15. The number of nitrogens with one attached hydrogen (secondary N) is 1. The molecule has 0 unspecified atom stereocenters. The molecule has 6 rings (SSSR count). The van der Waals surface area contributed by atoms with Crippen molar-refractivity contribution in [3.8, 4) is 22.5 Å². The van der Waals surface area contributed by atoms with Gasteiger partial charge in [0.05, 0.1) is 13.1 Å². The fraction of sp³-hybridized carbons (Fsp3) is 0.194. The molecule has 0 radical (unpaired) electrons. The molecule has 0 amide bonds. The van der Waals surface area contributed by atoms with Crippen molar-refractivity contribution in [1.82, 2.24) is 35.0 Å². The number of rotatable bonds is 9. The van der Waals surface area contributed by atoms with Gasteiger partial charge in [-0.25, -0.2) is 14.6 Å². The number of benzene rings is 4. The molecule has 0 bridgehead atoms. The highest BCUT2D eigenvalue weighted by Crippen LogP contribution is 2.29. The molecule has 8 heteroatoms. The van der Waals surface area contributed by atoms with Crippen LogP contribution < -0.4 is 5.69 Å². The number of H-pyrrole nitrogens is 1. The normalized spacial score (nSPS) is 11.3. The first-order valence-electron chi connectivity index (χ1n) is 13.3. The van der Waals surface area contributed by atoms with Gasteiger partial charge in [0.2, 0.25) is 0 Å². The molecule has 194 valence electrons. The molecule has 2 heterocycles. The van der Waals surface area contributed by atoms with E-state index in [1.165, 1.54) is 5.39 Å². The van der Waals surface area contributed by atoms with Crippen LogP contribution in [-0.2, 0) is 19.5 Å². The number of aromatic nitrogens is 7. The van der Waals surface area contributed by atoms with Gasteiger partial charge in [0, 0.05) is 12.0 Å². The minimum atomic E-state index is -0.0819. The predicted molar refractivity (Wildman–Crippen MR) is 152 cm³/mol. The number of fused-ring (bicyclic) bond motifs is 1. The van der Waals surface area contributed by atoms with Crippen LogP contribution in [0, 0.1) is 0 Å². The van der Waals surface area contributed by atoms with Gasteiger partial charge in [0.25, 0.3) is 0 Å². The molecule has 1 N–H and O–H groups in total. The number of hydrogen-bond acceptors (Lipinski definition) is 5. The number of hydrogen-bond donors (Lipinski definition) is 1. The average molecular weight is 516 g/mol. The van der Waals surface area contributed by atoms with Crippen LogP contribution in [0.15, 0.2) is 95.8 Å². The summed E-state index contributed by atoms with van der Waals surface area (Å²) in [6, 6.07) is 30.9. The van der Waals surface area contributed by atoms with Crippen molar-refractivity contribution in [2.75, 3.05) is 0 Å². The van der Waals surface area contributed by atoms with Crippen molar-refractivity contribution >= 4 is 10.8 Å². The van der Waals surface area contributed by atoms with E-state index in [1.54, 1.807) is 4.68 Å². The molecule has 8 nitrogen and oxygen atoms in total. The van der Waals surface area contributed by atoms with Crippen molar-refractivity contribution in [2.45, 2.75) is 39.3 Å². The van der Waals surface area contributed by atoms with Gasteiger partial charge >= 0.3 is 5.69 Å². The predicted octanol–water partition coefficient (Wildman–Crippen LogP) is 5.48. The summed E-state index contributed by atoms with van der Waals surface area (Å²) in [5, 5.41) is 21.5. The van der Waals surface area contributed by atoms with E-state index in [-0.39, 0.29) is 5.69 Å². The molecule has 0 saturated heterocycles. The van der Waals surface area contributed by atoms with E-state index in [0.29, 0.717) is 18.9 Å². The molecule has 0 spiro atoms. The quantitative estimate of drug-likeness (QED) is 0.275. The standard InChI is InChI=1S/C31H29N7O/c1-2-3-12-29-34-38(21-23-15-16-24-8-4-5-9-26(24)19-23)31(39)37(29)20-22-13-17-25(18-14-22)27-10-6-7-11-28(27)30-32-35-36-33-30/h4-11,13-19H,2-3,12,20-21H2,1H3,(H,32,33,35,36). The highest BCUT2D eigenvalue weighted by molar-refractivity contribution is 5.83. The summed E-state index contributed by atoms with van der Waals surface area (Å²) in [5.41, 5.74) is 5.04. The Morgan fingerprint density at radius 1 is 0.795 bits per heavy atom. The Morgan fingerprint density at radius 2 is 1.54 bits per heavy atom. The summed E-state index contributed by atoms with van der Waals surface area (Å²) >= 11 is 0. The maximum atomic E-state index is 13.5. The van der Waals surface area contributed by atoms with Gasteiger partial charge < -0.3 is 0 Å². The van der Waals surface area contributed by atoms with Crippen LogP contribution in [0.25, 0.3) is 33.3 Å². The molecule has 0 aliphatic heterocycles. The Kier molecular flexibility index (Phi) is 6.82. The Labute approximate surface area is 226 Å². The summed E-state index contributed by atoms with van der Waals surface area (Å²) in [6.07, 6.45) is 2.80. The average Bonchev–Trinajstić information content (AvgIpc) is 3.61. The smallest absolute Gasteiger partial charge is 0.274 e. The van der Waals surface area contributed by atoms with Crippen molar-refractivity contribution in [2.24, 2.45) is 0 Å². The third kappa shape index (κ3) is 5.13. The second-order valence-corrected chi connectivity index (χ2v) is 9.72.